The molecule has 0 N–H and O–H groups in total. The summed E-state index contributed by atoms with van der Waals surface area (Å²) in [4.78, 5) is 0. The van der Waals surface area contributed by atoms with Crippen molar-refractivity contribution in [2.75, 3.05) is 198 Å². The van der Waals surface area contributed by atoms with Gasteiger partial charge >= 0.3 is 0 Å². The number of hydrogen-bond donors (Lipinski definition) is 0. The van der Waals surface area contributed by atoms with Crippen molar-refractivity contribution in [1.82, 2.24) is 0 Å². The van der Waals surface area contributed by atoms with Crippen LogP contribution in [0.15, 0.2) is 0 Å². The van der Waals surface area contributed by atoms with Crippen LogP contribution in [0.5, 0.6) is 0 Å². The quantitative estimate of drug-likeness (QED) is 0.0674. The van der Waals surface area contributed by atoms with Crippen molar-refractivity contribution in [3.63, 3.8) is 0 Å². The Morgan fingerprint density at radius 2 is 0.370 bits per heavy atom. The fraction of sp³-hybridized carbons (Fsp3) is 1.00. The number of ether oxygens (including phenoxy) is 14. The Morgan fingerprint density at radius 3 is 0.543 bits per heavy atom. The zero-order chi connectivity index (χ0) is 33.1. The lowest BCUT2D eigenvalue weighted by molar-refractivity contribution is -0.0186. The Hall–Kier alpha value is 0.140. The summed E-state index contributed by atoms with van der Waals surface area (Å²) in [6, 6.07) is 0. The minimum atomic E-state index is 0.534. The molecule has 14 nitrogen and oxygen atoms in total. The molecule has 0 bridgehead atoms. The predicted octanol–water partition coefficient (Wildman–Crippen LogP) is 1.86. The molecule has 16 heteroatoms. The van der Waals surface area contributed by atoms with Gasteiger partial charge in [-0.15, -0.1) is 0 Å². The molecule has 0 aromatic heterocycles. The third-order valence-corrected chi connectivity index (χ3v) is 7.62. The Kier molecular flexibility index (Phi) is 45.3. The van der Waals surface area contributed by atoms with Gasteiger partial charge in [-0.1, -0.05) is 21.6 Å². The van der Waals surface area contributed by atoms with Crippen molar-refractivity contribution < 1.29 is 66.3 Å². The van der Waals surface area contributed by atoms with Crippen LogP contribution in [-0.2, 0) is 66.3 Å². The van der Waals surface area contributed by atoms with E-state index in [4.69, 9.17) is 66.3 Å². The molecule has 46 heavy (non-hydrogen) atoms. The molecule has 0 heterocycles. The number of rotatable bonds is 43. The Bertz CT molecular complexity index is 488. The lowest BCUT2D eigenvalue weighted by Crippen LogP contribution is -2.14. The number of methoxy groups -OCH3 is 2. The molecule has 0 amide bonds. The Labute approximate surface area is 285 Å². The van der Waals surface area contributed by atoms with Gasteiger partial charge in [-0.25, -0.2) is 0 Å². The SMILES string of the molecule is COCCOCCOCCOCCOCCOCCOCCSSCCOCCOCCOCCOCCOCCOCCOC. The summed E-state index contributed by atoms with van der Waals surface area (Å²) in [6.45, 7) is 14.7. The van der Waals surface area contributed by atoms with E-state index in [1.807, 2.05) is 0 Å². The Morgan fingerprint density at radius 1 is 0.217 bits per heavy atom. The highest BCUT2D eigenvalue weighted by Crippen LogP contribution is 2.20. The first kappa shape index (κ1) is 46.1. The van der Waals surface area contributed by atoms with E-state index < -0.39 is 0 Å². The highest BCUT2D eigenvalue weighted by molar-refractivity contribution is 8.76. The summed E-state index contributed by atoms with van der Waals surface area (Å²) in [5, 5.41) is 0. The molecule has 0 aromatic rings. The minimum absolute atomic E-state index is 0.534. The second-order valence-corrected chi connectivity index (χ2v) is 11.7. The maximum Gasteiger partial charge on any atom is 0.0701 e. The van der Waals surface area contributed by atoms with Gasteiger partial charge in [0.05, 0.1) is 172 Å². The molecule has 0 aromatic carbocycles. The van der Waals surface area contributed by atoms with Crippen LogP contribution in [0.3, 0.4) is 0 Å². The number of hydrogen-bond acceptors (Lipinski definition) is 16. The van der Waals surface area contributed by atoms with Crippen molar-refractivity contribution in [2.24, 2.45) is 0 Å². The summed E-state index contributed by atoms with van der Waals surface area (Å²) in [6.07, 6.45) is 0. The molecular weight excluding hydrogens is 648 g/mol. The fourth-order valence-electron chi connectivity index (χ4n) is 2.99. The van der Waals surface area contributed by atoms with Crippen molar-refractivity contribution in [1.29, 1.82) is 0 Å². The normalized spacial score (nSPS) is 11.6. The maximum absolute atomic E-state index is 5.59. The van der Waals surface area contributed by atoms with Gasteiger partial charge in [-0.3, -0.25) is 0 Å². The van der Waals surface area contributed by atoms with Crippen LogP contribution in [-0.4, -0.2) is 198 Å². The van der Waals surface area contributed by atoms with Crippen LogP contribution in [0, 0.1) is 0 Å². The summed E-state index contributed by atoms with van der Waals surface area (Å²) in [5.74, 6) is 1.85. The molecule has 0 atom stereocenters. The van der Waals surface area contributed by atoms with Gasteiger partial charge in [-0.2, -0.15) is 0 Å². The molecule has 0 saturated heterocycles. The molecular formula is C30H62O14S2. The van der Waals surface area contributed by atoms with Gasteiger partial charge < -0.3 is 66.3 Å². The largest absolute Gasteiger partial charge is 0.382 e. The van der Waals surface area contributed by atoms with E-state index in [-0.39, 0.29) is 0 Å². The second kappa shape index (κ2) is 45.1. The lowest BCUT2D eigenvalue weighted by atomic mass is 10.7. The lowest BCUT2D eigenvalue weighted by Gasteiger charge is -2.08. The monoisotopic (exact) mass is 710 g/mol. The van der Waals surface area contributed by atoms with Crippen LogP contribution in [0.4, 0.5) is 0 Å². The second-order valence-electron chi connectivity index (χ2n) is 8.98. The van der Waals surface area contributed by atoms with Gasteiger partial charge in [0.2, 0.25) is 0 Å². The first-order valence-electron chi connectivity index (χ1n) is 16.1. The van der Waals surface area contributed by atoms with Crippen LogP contribution in [0.2, 0.25) is 0 Å². The molecule has 0 radical (unpaired) electrons. The third kappa shape index (κ3) is 44.1. The molecule has 0 unspecified atom stereocenters. The molecule has 0 aliphatic carbocycles. The van der Waals surface area contributed by atoms with E-state index in [1.54, 1.807) is 35.8 Å². The van der Waals surface area contributed by atoms with E-state index in [0.717, 1.165) is 11.5 Å². The van der Waals surface area contributed by atoms with E-state index in [0.29, 0.717) is 172 Å². The van der Waals surface area contributed by atoms with E-state index in [1.165, 1.54) is 0 Å². The highest BCUT2D eigenvalue weighted by Gasteiger charge is 1.97. The highest BCUT2D eigenvalue weighted by atomic mass is 33.1. The summed E-state index contributed by atoms with van der Waals surface area (Å²) >= 11 is 0. The molecule has 278 valence electrons. The summed E-state index contributed by atoms with van der Waals surface area (Å²) < 4.78 is 75.2. The maximum atomic E-state index is 5.59. The molecule has 0 aliphatic heterocycles. The van der Waals surface area contributed by atoms with Gasteiger partial charge in [0, 0.05) is 25.7 Å². The van der Waals surface area contributed by atoms with E-state index in [9.17, 15) is 0 Å². The Balaban J connectivity index is 3.03. The smallest absolute Gasteiger partial charge is 0.0701 e. The van der Waals surface area contributed by atoms with Crippen LogP contribution in [0.25, 0.3) is 0 Å². The van der Waals surface area contributed by atoms with Crippen molar-refractivity contribution in [3.05, 3.63) is 0 Å². The fourth-order valence-corrected chi connectivity index (χ4v) is 4.71. The van der Waals surface area contributed by atoms with Crippen molar-refractivity contribution in [3.8, 4) is 0 Å². The zero-order valence-corrected chi connectivity index (χ0v) is 30.0. The minimum Gasteiger partial charge on any atom is -0.382 e. The average molecular weight is 711 g/mol. The third-order valence-electron chi connectivity index (χ3n) is 5.29. The van der Waals surface area contributed by atoms with E-state index >= 15 is 0 Å². The van der Waals surface area contributed by atoms with Crippen LogP contribution in [0.1, 0.15) is 0 Å². The van der Waals surface area contributed by atoms with Crippen LogP contribution >= 0.6 is 21.6 Å². The molecule has 0 aliphatic rings. The first-order valence-corrected chi connectivity index (χ1v) is 18.6. The predicted molar refractivity (Wildman–Crippen MR) is 178 cm³/mol. The van der Waals surface area contributed by atoms with Crippen molar-refractivity contribution in [2.45, 2.75) is 0 Å². The van der Waals surface area contributed by atoms with Crippen LogP contribution < -0.4 is 0 Å². The van der Waals surface area contributed by atoms with Crippen molar-refractivity contribution >= 4 is 21.6 Å². The van der Waals surface area contributed by atoms with Gasteiger partial charge in [0.15, 0.2) is 0 Å². The summed E-state index contributed by atoms with van der Waals surface area (Å²) in [5.41, 5.74) is 0. The standard InChI is InChI=1S/C30H62O14S2/c1-31-3-5-33-7-9-35-11-13-37-15-17-39-19-21-41-23-25-43-27-29-45-46-30-28-44-26-24-42-22-20-40-18-16-38-14-12-36-10-8-34-6-4-32-2/h3-30H2,1-2H3. The molecule has 0 saturated carbocycles. The first-order chi connectivity index (χ1) is 22.9. The molecule has 0 rings (SSSR count). The zero-order valence-electron chi connectivity index (χ0n) is 28.3. The molecule has 0 spiro atoms. The summed E-state index contributed by atoms with van der Waals surface area (Å²) in [7, 11) is 6.86. The van der Waals surface area contributed by atoms with Gasteiger partial charge in [0.1, 0.15) is 0 Å². The topological polar surface area (TPSA) is 129 Å². The van der Waals surface area contributed by atoms with Gasteiger partial charge in [-0.05, 0) is 0 Å². The van der Waals surface area contributed by atoms with Gasteiger partial charge in [0.25, 0.3) is 0 Å². The average Bonchev–Trinajstić information content (AvgIpc) is 3.07. The van der Waals surface area contributed by atoms with E-state index in [2.05, 4.69) is 0 Å². The molecule has 0 fully saturated rings.